The molecule has 9 nitrogen and oxygen atoms in total. The molecule has 0 saturated carbocycles. The zero-order valence-corrected chi connectivity index (χ0v) is 24.2. The highest BCUT2D eigenvalue weighted by Gasteiger charge is 2.76. The van der Waals surface area contributed by atoms with Crippen molar-refractivity contribution in [3.63, 3.8) is 0 Å². The highest BCUT2D eigenvalue weighted by molar-refractivity contribution is 9.09. The van der Waals surface area contributed by atoms with Crippen molar-refractivity contribution in [1.29, 1.82) is 0 Å². The lowest BCUT2D eigenvalue weighted by Gasteiger charge is -2.36. The number of nitrogens with one attached hydrogen (secondary N) is 2. The summed E-state index contributed by atoms with van der Waals surface area (Å²) in [5.41, 5.74) is 0.514. The quantitative estimate of drug-likeness (QED) is 0.387. The van der Waals surface area contributed by atoms with Crippen LogP contribution in [0, 0.1) is 18.8 Å². The first-order valence-corrected chi connectivity index (χ1v) is 14.3. The van der Waals surface area contributed by atoms with Crippen LogP contribution in [0.2, 0.25) is 5.02 Å². The van der Waals surface area contributed by atoms with Gasteiger partial charge in [0.25, 0.3) is 0 Å². The van der Waals surface area contributed by atoms with E-state index < -0.39 is 41.5 Å². The third-order valence-corrected chi connectivity index (χ3v) is 9.08. The van der Waals surface area contributed by atoms with E-state index in [2.05, 4.69) is 26.6 Å². The molecule has 3 aliphatic heterocycles. The Morgan fingerprint density at radius 2 is 1.95 bits per heavy atom. The molecule has 0 aromatic heterocycles. The van der Waals surface area contributed by atoms with Crippen molar-refractivity contribution in [2.45, 2.75) is 55.8 Å². The van der Waals surface area contributed by atoms with Crippen LogP contribution in [0.25, 0.3) is 0 Å². The van der Waals surface area contributed by atoms with Crippen LogP contribution in [-0.2, 0) is 19.1 Å². The van der Waals surface area contributed by atoms with Crippen molar-refractivity contribution >= 4 is 56.6 Å². The summed E-state index contributed by atoms with van der Waals surface area (Å²) in [5.74, 6) is -2.28. The number of nitrogens with zero attached hydrogens (tertiary/aromatic N) is 1. The van der Waals surface area contributed by atoms with Crippen LogP contribution in [-0.4, -0.2) is 69.6 Å². The topological polar surface area (TPSA) is 117 Å². The molecule has 7 atom stereocenters. The fourth-order valence-electron chi connectivity index (χ4n) is 6.24. The van der Waals surface area contributed by atoms with E-state index in [4.69, 9.17) is 21.1 Å². The second-order valence-corrected chi connectivity index (χ2v) is 11.9. The summed E-state index contributed by atoms with van der Waals surface area (Å²) in [6.45, 7) is 5.56. The van der Waals surface area contributed by atoms with Gasteiger partial charge in [-0.1, -0.05) is 39.7 Å². The van der Waals surface area contributed by atoms with E-state index in [1.165, 1.54) is 4.90 Å². The third-order valence-electron chi connectivity index (χ3n) is 7.92. The minimum absolute atomic E-state index is 0.251. The largest absolute Gasteiger partial charge is 0.494 e. The molecule has 2 aromatic rings. The number of likely N-dealkylation sites (tertiary alicyclic amines) is 1. The normalized spacial score (nSPS) is 29.7. The van der Waals surface area contributed by atoms with Gasteiger partial charge in [0.15, 0.2) is 0 Å². The molecule has 3 unspecified atom stereocenters. The maximum Gasteiger partial charge on any atom is 0.250 e. The first kappa shape index (κ1) is 27.9. The lowest BCUT2D eigenvalue weighted by Crippen LogP contribution is -2.56. The van der Waals surface area contributed by atoms with Gasteiger partial charge in [-0.05, 0) is 63.1 Å². The van der Waals surface area contributed by atoms with Crippen LogP contribution in [0.5, 0.6) is 5.75 Å². The van der Waals surface area contributed by atoms with Crippen LogP contribution in [0.4, 0.5) is 11.4 Å². The second-order valence-electron chi connectivity index (χ2n) is 10.3. The molecule has 3 saturated heterocycles. The van der Waals surface area contributed by atoms with Crippen LogP contribution < -0.4 is 15.4 Å². The molecule has 208 valence electrons. The number of ether oxygens (including phenoxy) is 2. The Balaban J connectivity index is 1.48. The number of aliphatic hydroxyl groups is 1. The van der Waals surface area contributed by atoms with Gasteiger partial charge in [-0.3, -0.25) is 14.4 Å². The summed E-state index contributed by atoms with van der Waals surface area (Å²) < 4.78 is 12.0. The van der Waals surface area contributed by atoms with E-state index in [1.54, 1.807) is 43.3 Å². The number of aliphatic hydroxyl groups excluding tert-OH is 1. The Morgan fingerprint density at radius 1 is 1.23 bits per heavy atom. The monoisotopic (exact) mass is 619 g/mol. The summed E-state index contributed by atoms with van der Waals surface area (Å²) in [5, 5.41) is 16.2. The molecular formula is C28H31BrClN3O6. The number of amides is 3. The molecule has 3 heterocycles. The Kier molecular flexibility index (Phi) is 7.67. The molecule has 2 aromatic carbocycles. The molecule has 5 rings (SSSR count). The first-order valence-electron chi connectivity index (χ1n) is 13.0. The van der Waals surface area contributed by atoms with E-state index in [0.29, 0.717) is 35.2 Å². The SMILES string of the molecule is CCOc1ccc(NC(=O)[C@H]2[C@H]3C(=O)N([C@H](C)CO)C(C(=O)Nc4c(C)cccc4Cl)C34CC(Br)[C@@H]2O4)cc1. The maximum atomic E-state index is 14.0. The van der Waals surface area contributed by atoms with Gasteiger partial charge in [-0.2, -0.15) is 0 Å². The van der Waals surface area contributed by atoms with Crippen LogP contribution in [0.3, 0.4) is 0 Å². The van der Waals surface area contributed by atoms with E-state index >= 15 is 0 Å². The van der Waals surface area contributed by atoms with Gasteiger partial charge in [0.05, 0.1) is 47.9 Å². The summed E-state index contributed by atoms with van der Waals surface area (Å²) in [4.78, 5) is 42.7. The van der Waals surface area contributed by atoms with Gasteiger partial charge in [0.1, 0.15) is 17.4 Å². The number of carbonyl (C=O) groups excluding carboxylic acids is 3. The highest BCUT2D eigenvalue weighted by Crippen LogP contribution is 2.60. The molecule has 1 spiro atoms. The summed E-state index contributed by atoms with van der Waals surface area (Å²) >= 11 is 10.0. The van der Waals surface area contributed by atoms with E-state index in [0.717, 1.165) is 5.56 Å². The summed E-state index contributed by atoms with van der Waals surface area (Å²) in [6, 6.07) is 10.5. The molecule has 0 aliphatic carbocycles. The Morgan fingerprint density at radius 3 is 2.59 bits per heavy atom. The first-order chi connectivity index (χ1) is 18.6. The number of fused-ring (bicyclic) bond motifs is 1. The third kappa shape index (κ3) is 4.61. The van der Waals surface area contributed by atoms with E-state index in [-0.39, 0.29) is 23.2 Å². The van der Waals surface area contributed by atoms with Crippen molar-refractivity contribution in [3.8, 4) is 5.75 Å². The Labute approximate surface area is 240 Å². The number of aryl methyl sites for hydroxylation is 1. The van der Waals surface area contributed by atoms with Gasteiger partial charge in [-0.25, -0.2) is 0 Å². The Bertz CT molecular complexity index is 1270. The fraction of sp³-hybridized carbons (Fsp3) is 0.464. The number of hydrogen-bond acceptors (Lipinski definition) is 6. The molecular weight excluding hydrogens is 590 g/mol. The van der Waals surface area contributed by atoms with E-state index in [9.17, 15) is 19.5 Å². The van der Waals surface area contributed by atoms with Crippen LogP contribution in [0.15, 0.2) is 42.5 Å². The summed E-state index contributed by atoms with van der Waals surface area (Å²) in [6.07, 6.45) is -0.250. The van der Waals surface area contributed by atoms with Crippen molar-refractivity contribution in [2.24, 2.45) is 11.8 Å². The lowest BCUT2D eigenvalue weighted by molar-refractivity contribution is -0.142. The number of alkyl halides is 1. The second kappa shape index (κ2) is 10.7. The number of rotatable bonds is 8. The predicted octanol–water partition coefficient (Wildman–Crippen LogP) is 3.75. The van der Waals surface area contributed by atoms with Crippen molar-refractivity contribution in [1.82, 2.24) is 4.90 Å². The van der Waals surface area contributed by atoms with Crippen LogP contribution in [0.1, 0.15) is 25.8 Å². The number of hydrogen-bond donors (Lipinski definition) is 3. The van der Waals surface area contributed by atoms with Gasteiger partial charge in [0.2, 0.25) is 17.7 Å². The van der Waals surface area contributed by atoms with Gasteiger partial charge >= 0.3 is 0 Å². The predicted molar refractivity (Wildman–Crippen MR) is 150 cm³/mol. The number of halogens is 2. The zero-order valence-electron chi connectivity index (χ0n) is 21.8. The summed E-state index contributed by atoms with van der Waals surface area (Å²) in [7, 11) is 0. The molecule has 3 fully saturated rings. The minimum Gasteiger partial charge on any atom is -0.494 e. The van der Waals surface area contributed by atoms with Gasteiger partial charge < -0.3 is 30.1 Å². The molecule has 39 heavy (non-hydrogen) atoms. The number of para-hydroxylation sites is 1. The molecule has 3 aliphatic rings. The molecule has 3 N–H and O–H groups in total. The minimum atomic E-state index is -1.25. The zero-order chi connectivity index (χ0) is 28.1. The average molecular weight is 621 g/mol. The smallest absolute Gasteiger partial charge is 0.250 e. The number of carbonyl (C=O) groups is 3. The van der Waals surface area contributed by atoms with Crippen molar-refractivity contribution < 1.29 is 29.0 Å². The van der Waals surface area contributed by atoms with Crippen molar-refractivity contribution in [3.05, 3.63) is 53.1 Å². The molecule has 11 heteroatoms. The standard InChI is InChI=1S/C28H31BrClN3O6/c1-4-38-17-10-8-16(9-11-17)31-25(35)20-21-27(37)33(15(3)13-34)24(28(21)12-18(29)23(20)39-28)26(36)32-22-14(2)6-5-7-19(22)30/h5-11,15,18,20-21,23-24,34H,4,12-13H2,1-3H3,(H,31,35)(H,32,36)/t15-,18?,20+,21+,23+,24?,28?/m1/s1. The molecule has 0 radical (unpaired) electrons. The average Bonchev–Trinajstić information content (AvgIpc) is 3.50. The maximum absolute atomic E-state index is 14.0. The van der Waals surface area contributed by atoms with Gasteiger partial charge in [-0.15, -0.1) is 0 Å². The van der Waals surface area contributed by atoms with Gasteiger partial charge in [0, 0.05) is 10.5 Å². The number of benzene rings is 2. The fourth-order valence-corrected chi connectivity index (χ4v) is 7.45. The lowest BCUT2D eigenvalue weighted by atomic mass is 9.70. The molecule has 3 amide bonds. The Hall–Kier alpha value is -2.66. The highest BCUT2D eigenvalue weighted by atomic mass is 79.9. The van der Waals surface area contributed by atoms with Crippen LogP contribution >= 0.6 is 27.5 Å². The van der Waals surface area contributed by atoms with Crippen molar-refractivity contribution in [2.75, 3.05) is 23.8 Å². The number of anilines is 2. The molecule has 2 bridgehead atoms. The van der Waals surface area contributed by atoms with E-state index in [1.807, 2.05) is 19.9 Å².